The summed E-state index contributed by atoms with van der Waals surface area (Å²) in [7, 11) is -3.92. The van der Waals surface area contributed by atoms with Crippen molar-refractivity contribution in [3.8, 4) is 5.75 Å². The number of sulfonamides is 1. The zero-order valence-electron chi connectivity index (χ0n) is 20.7. The first-order chi connectivity index (χ1) is 17.1. The van der Waals surface area contributed by atoms with Gasteiger partial charge in [0.2, 0.25) is 10.0 Å². The first kappa shape index (κ1) is 24.5. The molecule has 190 valence electrons. The second kappa shape index (κ2) is 9.33. The summed E-state index contributed by atoms with van der Waals surface area (Å²) in [5.74, 6) is 1.81. The number of nitrogens with two attached hydrogens (primary N) is 2. The Morgan fingerprint density at radius 1 is 1.11 bits per heavy atom. The second-order valence-corrected chi connectivity index (χ2v) is 12.0. The lowest BCUT2D eigenvalue weighted by Crippen LogP contribution is -2.31. The minimum atomic E-state index is -3.92. The molecule has 1 aromatic carbocycles. The number of primary sulfonamides is 1. The van der Waals surface area contributed by atoms with Crippen molar-refractivity contribution in [1.82, 2.24) is 15.0 Å². The predicted molar refractivity (Wildman–Crippen MR) is 138 cm³/mol. The van der Waals surface area contributed by atoms with Gasteiger partial charge >= 0.3 is 0 Å². The smallest absolute Gasteiger partial charge is 0.241 e. The van der Waals surface area contributed by atoms with Gasteiger partial charge in [-0.1, -0.05) is 26.0 Å². The lowest BCUT2D eigenvalue weighted by molar-refractivity contribution is 0.310. The van der Waals surface area contributed by atoms with Gasteiger partial charge in [-0.2, -0.15) is 0 Å². The molecule has 0 radical (unpaired) electrons. The lowest BCUT2D eigenvalue weighted by Gasteiger charge is -2.33. The van der Waals surface area contributed by atoms with E-state index >= 15 is 0 Å². The summed E-state index contributed by atoms with van der Waals surface area (Å²) in [5, 5.41) is 5.27. The highest BCUT2D eigenvalue weighted by atomic mass is 32.2. The molecule has 0 spiro atoms. The van der Waals surface area contributed by atoms with Crippen LogP contribution in [-0.4, -0.2) is 36.5 Å². The van der Waals surface area contributed by atoms with Crippen molar-refractivity contribution in [1.29, 1.82) is 0 Å². The number of hydrogen-bond acceptors (Lipinski definition) is 8. The molecule has 5 rings (SSSR count). The zero-order chi connectivity index (χ0) is 25.5. The fraction of sp³-hybridized carbons (Fsp3) is 0.423. The third-order valence-corrected chi connectivity index (χ3v) is 8.00. The van der Waals surface area contributed by atoms with Crippen molar-refractivity contribution >= 4 is 21.7 Å². The summed E-state index contributed by atoms with van der Waals surface area (Å²) < 4.78 is 29.6. The summed E-state index contributed by atoms with van der Waals surface area (Å²) in [6.45, 7) is 6.65. The number of hydrogen-bond donors (Lipinski definition) is 2. The highest BCUT2D eigenvalue weighted by Gasteiger charge is 2.30. The van der Waals surface area contributed by atoms with Gasteiger partial charge in [0.15, 0.2) is 0 Å². The maximum absolute atomic E-state index is 11.8. The maximum Gasteiger partial charge on any atom is 0.241 e. The van der Waals surface area contributed by atoms with Crippen molar-refractivity contribution in [3.63, 3.8) is 0 Å². The molecule has 2 aromatic heterocycles. The van der Waals surface area contributed by atoms with Crippen LogP contribution in [0, 0.1) is 5.41 Å². The SMILES string of the molecule is CC1(C)CCc2ncnc(N3CCOc4ccc(CCc5cnc(N)c(S(N)(=O)=O)c5)cc4C3)c2C1. The van der Waals surface area contributed by atoms with E-state index in [2.05, 4.69) is 40.8 Å². The lowest BCUT2D eigenvalue weighted by atomic mass is 9.76. The van der Waals surface area contributed by atoms with Crippen molar-refractivity contribution in [2.24, 2.45) is 10.6 Å². The van der Waals surface area contributed by atoms with Gasteiger partial charge in [0.25, 0.3) is 0 Å². The Morgan fingerprint density at radius 2 is 1.92 bits per heavy atom. The molecule has 0 fully saturated rings. The van der Waals surface area contributed by atoms with E-state index in [1.807, 2.05) is 6.07 Å². The molecular formula is C26H32N6O3S. The summed E-state index contributed by atoms with van der Waals surface area (Å²) in [6.07, 6.45) is 7.68. The molecule has 0 saturated heterocycles. The quantitative estimate of drug-likeness (QED) is 0.537. The number of pyridine rings is 1. The number of anilines is 2. The van der Waals surface area contributed by atoms with Gasteiger partial charge in [0.05, 0.1) is 6.54 Å². The summed E-state index contributed by atoms with van der Waals surface area (Å²) in [6, 6.07) is 7.74. The van der Waals surface area contributed by atoms with Crippen LogP contribution >= 0.6 is 0 Å². The van der Waals surface area contributed by atoms with Gasteiger partial charge < -0.3 is 15.4 Å². The van der Waals surface area contributed by atoms with Crippen LogP contribution in [0.5, 0.6) is 5.75 Å². The minimum absolute atomic E-state index is 0.0844. The first-order valence-corrected chi connectivity index (χ1v) is 13.7. The Hall–Kier alpha value is -3.24. The fourth-order valence-corrected chi connectivity index (χ4v) is 5.72. The Kier molecular flexibility index (Phi) is 6.34. The molecule has 1 aliphatic carbocycles. The Labute approximate surface area is 212 Å². The van der Waals surface area contributed by atoms with Crippen molar-refractivity contribution < 1.29 is 13.2 Å². The van der Waals surface area contributed by atoms with Crippen molar-refractivity contribution in [3.05, 3.63) is 64.7 Å². The number of nitrogen functional groups attached to an aromatic ring is 1. The molecule has 0 amide bonds. The van der Waals surface area contributed by atoms with Crippen LogP contribution < -0.4 is 20.5 Å². The van der Waals surface area contributed by atoms with Crippen LogP contribution in [0.25, 0.3) is 0 Å². The number of nitrogens with zero attached hydrogens (tertiary/aromatic N) is 4. The summed E-state index contributed by atoms with van der Waals surface area (Å²) >= 11 is 0. The highest BCUT2D eigenvalue weighted by Crippen LogP contribution is 2.38. The Bertz CT molecular complexity index is 1410. The Balaban J connectivity index is 1.37. The van der Waals surface area contributed by atoms with E-state index in [1.165, 1.54) is 11.6 Å². The largest absolute Gasteiger partial charge is 0.491 e. The monoisotopic (exact) mass is 508 g/mol. The van der Waals surface area contributed by atoms with Crippen LogP contribution in [0.2, 0.25) is 0 Å². The molecule has 4 N–H and O–H groups in total. The molecule has 0 atom stereocenters. The van der Waals surface area contributed by atoms with Gasteiger partial charge in [-0.05, 0) is 60.8 Å². The van der Waals surface area contributed by atoms with E-state index in [4.69, 9.17) is 20.6 Å². The standard InChI is InChI=1S/C26H32N6O3S/c1-26(2)8-7-21-20(13-26)25(31-16-30-21)32-9-10-35-22-6-5-17(11-19(22)15-32)3-4-18-12-23(36(28,33)34)24(27)29-14-18/h5-6,11-12,14,16H,3-4,7-10,13,15H2,1-2H3,(H2,27,29)(H2,28,33,34). The van der Waals surface area contributed by atoms with Crippen LogP contribution in [-0.2, 0) is 42.3 Å². The molecule has 0 unspecified atom stereocenters. The first-order valence-electron chi connectivity index (χ1n) is 12.2. The highest BCUT2D eigenvalue weighted by molar-refractivity contribution is 7.89. The van der Waals surface area contributed by atoms with E-state index < -0.39 is 10.0 Å². The molecule has 3 aromatic rings. The molecule has 10 heteroatoms. The van der Waals surface area contributed by atoms with E-state index in [0.29, 0.717) is 26.0 Å². The average molecular weight is 509 g/mol. The molecule has 0 saturated carbocycles. The molecule has 3 heterocycles. The van der Waals surface area contributed by atoms with E-state index in [-0.39, 0.29) is 16.1 Å². The number of rotatable bonds is 5. The normalized spacial score (nSPS) is 17.0. The Morgan fingerprint density at radius 3 is 2.72 bits per heavy atom. The van der Waals surface area contributed by atoms with Crippen LogP contribution in [0.15, 0.2) is 41.7 Å². The third kappa shape index (κ3) is 5.15. The van der Waals surface area contributed by atoms with Gasteiger partial charge in [-0.3, -0.25) is 0 Å². The van der Waals surface area contributed by atoms with E-state index in [9.17, 15) is 8.42 Å². The topological polar surface area (TPSA) is 137 Å². The summed E-state index contributed by atoms with van der Waals surface area (Å²) in [5.41, 5.74) is 11.3. The van der Waals surface area contributed by atoms with Gasteiger partial charge in [0, 0.05) is 29.6 Å². The van der Waals surface area contributed by atoms with Gasteiger partial charge in [0.1, 0.15) is 35.2 Å². The maximum atomic E-state index is 11.8. The van der Waals surface area contributed by atoms with Crippen LogP contribution in [0.4, 0.5) is 11.6 Å². The molecule has 36 heavy (non-hydrogen) atoms. The number of aryl methyl sites for hydroxylation is 3. The van der Waals surface area contributed by atoms with Crippen LogP contribution in [0.3, 0.4) is 0 Å². The van der Waals surface area contributed by atoms with Gasteiger partial charge in [-0.15, -0.1) is 0 Å². The summed E-state index contributed by atoms with van der Waals surface area (Å²) in [4.78, 5) is 15.5. The number of ether oxygens (including phenoxy) is 1. The molecule has 0 bridgehead atoms. The predicted octanol–water partition coefficient (Wildman–Crippen LogP) is 2.80. The third-order valence-electron chi connectivity index (χ3n) is 7.06. The fourth-order valence-electron chi connectivity index (χ4n) is 5.06. The molecular weight excluding hydrogens is 476 g/mol. The molecule has 2 aliphatic rings. The molecule has 9 nitrogen and oxygen atoms in total. The molecule has 1 aliphatic heterocycles. The number of fused-ring (bicyclic) bond motifs is 2. The zero-order valence-corrected chi connectivity index (χ0v) is 21.5. The number of aromatic nitrogens is 3. The minimum Gasteiger partial charge on any atom is -0.491 e. The van der Waals surface area contributed by atoms with Crippen molar-refractivity contribution in [2.45, 2.75) is 57.4 Å². The van der Waals surface area contributed by atoms with E-state index in [0.717, 1.165) is 59.8 Å². The average Bonchev–Trinajstić information content (AvgIpc) is 3.04. The van der Waals surface area contributed by atoms with Gasteiger partial charge in [-0.25, -0.2) is 28.5 Å². The van der Waals surface area contributed by atoms with E-state index in [1.54, 1.807) is 12.5 Å². The second-order valence-electron chi connectivity index (χ2n) is 10.4. The number of benzene rings is 1. The van der Waals surface area contributed by atoms with Crippen LogP contribution in [0.1, 0.15) is 48.2 Å². The van der Waals surface area contributed by atoms with Crippen molar-refractivity contribution in [2.75, 3.05) is 23.8 Å².